The van der Waals surface area contributed by atoms with Crippen molar-refractivity contribution in [3.8, 4) is 5.75 Å². The van der Waals surface area contributed by atoms with Crippen molar-refractivity contribution in [2.24, 2.45) is 0 Å². The summed E-state index contributed by atoms with van der Waals surface area (Å²) in [6.45, 7) is 2.39. The predicted octanol–water partition coefficient (Wildman–Crippen LogP) is 1.61. The number of rotatable bonds is 4. The number of aromatic hydroxyl groups is 1. The summed E-state index contributed by atoms with van der Waals surface area (Å²) in [7, 11) is 0. The van der Waals surface area contributed by atoms with Gasteiger partial charge in [0.25, 0.3) is 11.5 Å². The van der Waals surface area contributed by atoms with Crippen LogP contribution in [0.4, 0.5) is 5.69 Å². The highest BCUT2D eigenvalue weighted by atomic mass is 16.3. The van der Waals surface area contributed by atoms with Crippen molar-refractivity contribution in [1.82, 2.24) is 9.78 Å². The highest BCUT2D eigenvalue weighted by Crippen LogP contribution is 2.15. The molecule has 0 bridgehead atoms. The molecule has 2 rings (SSSR count). The number of nitrogens with one attached hydrogen (secondary N) is 1. The Balaban J connectivity index is 2.21. The fraction of sp³-hybridized carbons (Fsp3) is 0.214. The fourth-order valence-corrected chi connectivity index (χ4v) is 1.72. The van der Waals surface area contributed by atoms with Crippen LogP contribution in [-0.2, 0) is 6.54 Å². The van der Waals surface area contributed by atoms with Crippen molar-refractivity contribution in [2.45, 2.75) is 19.9 Å². The number of carbonyl (C=O) groups excluding carboxylic acids is 1. The zero-order chi connectivity index (χ0) is 14.5. The fourth-order valence-electron chi connectivity index (χ4n) is 1.72. The lowest BCUT2D eigenvalue weighted by atomic mass is 10.3. The number of carbonyl (C=O) groups is 1. The molecule has 0 unspecified atom stereocenters. The average Bonchev–Trinajstić information content (AvgIpc) is 2.41. The van der Waals surface area contributed by atoms with Crippen molar-refractivity contribution < 1.29 is 9.90 Å². The van der Waals surface area contributed by atoms with Gasteiger partial charge in [0.2, 0.25) is 0 Å². The van der Waals surface area contributed by atoms with Gasteiger partial charge in [0, 0.05) is 24.4 Å². The van der Waals surface area contributed by atoms with Gasteiger partial charge in [-0.25, -0.2) is 4.68 Å². The number of amides is 1. The van der Waals surface area contributed by atoms with Gasteiger partial charge in [0.05, 0.1) is 0 Å². The topological polar surface area (TPSA) is 84.2 Å². The van der Waals surface area contributed by atoms with Crippen molar-refractivity contribution in [3.63, 3.8) is 0 Å². The first-order valence-corrected chi connectivity index (χ1v) is 6.28. The third-order valence-electron chi connectivity index (χ3n) is 2.64. The SMILES string of the molecule is CCCn1nc(C(=O)Nc2cccc(O)c2)ccc1=O. The molecule has 0 saturated carbocycles. The molecule has 0 spiro atoms. The molecular weight excluding hydrogens is 258 g/mol. The van der Waals surface area contributed by atoms with E-state index >= 15 is 0 Å². The molecule has 6 nitrogen and oxygen atoms in total. The molecule has 0 radical (unpaired) electrons. The molecule has 0 fully saturated rings. The van der Waals surface area contributed by atoms with E-state index in [0.29, 0.717) is 12.2 Å². The van der Waals surface area contributed by atoms with Crippen LogP contribution < -0.4 is 10.9 Å². The van der Waals surface area contributed by atoms with E-state index in [1.807, 2.05) is 6.92 Å². The number of hydrogen-bond donors (Lipinski definition) is 2. The molecule has 1 heterocycles. The number of benzene rings is 1. The smallest absolute Gasteiger partial charge is 0.276 e. The number of anilines is 1. The summed E-state index contributed by atoms with van der Waals surface area (Å²) in [5, 5.41) is 16.0. The van der Waals surface area contributed by atoms with Crippen molar-refractivity contribution >= 4 is 11.6 Å². The highest BCUT2D eigenvalue weighted by Gasteiger charge is 2.10. The lowest BCUT2D eigenvalue weighted by Crippen LogP contribution is -2.26. The zero-order valence-corrected chi connectivity index (χ0v) is 11.0. The van der Waals surface area contributed by atoms with E-state index in [1.165, 1.54) is 28.9 Å². The molecule has 1 aromatic heterocycles. The molecular formula is C14H15N3O3. The number of nitrogens with zero attached hydrogens (tertiary/aromatic N) is 2. The van der Waals surface area contributed by atoms with Gasteiger partial charge >= 0.3 is 0 Å². The molecule has 2 N–H and O–H groups in total. The maximum Gasteiger partial charge on any atom is 0.276 e. The Morgan fingerprint density at radius 3 is 2.85 bits per heavy atom. The van der Waals surface area contributed by atoms with Crippen molar-refractivity contribution in [3.05, 3.63) is 52.4 Å². The second-order valence-electron chi connectivity index (χ2n) is 4.28. The van der Waals surface area contributed by atoms with E-state index in [0.717, 1.165) is 6.42 Å². The van der Waals surface area contributed by atoms with Gasteiger partial charge in [-0.05, 0) is 24.6 Å². The van der Waals surface area contributed by atoms with E-state index < -0.39 is 5.91 Å². The van der Waals surface area contributed by atoms with E-state index in [2.05, 4.69) is 10.4 Å². The summed E-state index contributed by atoms with van der Waals surface area (Å²) in [6, 6.07) is 8.91. The molecule has 20 heavy (non-hydrogen) atoms. The summed E-state index contributed by atoms with van der Waals surface area (Å²) in [5.74, 6) is -0.368. The summed E-state index contributed by atoms with van der Waals surface area (Å²) >= 11 is 0. The van der Waals surface area contributed by atoms with E-state index in [4.69, 9.17) is 0 Å². The van der Waals surface area contributed by atoms with E-state index in [1.54, 1.807) is 12.1 Å². The van der Waals surface area contributed by atoms with Gasteiger partial charge in [-0.2, -0.15) is 5.10 Å². The first-order valence-electron chi connectivity index (χ1n) is 6.28. The van der Waals surface area contributed by atoms with E-state index in [-0.39, 0.29) is 17.0 Å². The van der Waals surface area contributed by atoms with E-state index in [9.17, 15) is 14.7 Å². The number of hydrogen-bond acceptors (Lipinski definition) is 4. The Morgan fingerprint density at radius 1 is 1.35 bits per heavy atom. The predicted molar refractivity (Wildman–Crippen MR) is 74.8 cm³/mol. The van der Waals surface area contributed by atoms with Crippen LogP contribution in [0.5, 0.6) is 5.75 Å². The van der Waals surface area contributed by atoms with Crippen LogP contribution in [-0.4, -0.2) is 20.8 Å². The first kappa shape index (κ1) is 13.8. The Bertz CT molecular complexity index is 679. The summed E-state index contributed by atoms with van der Waals surface area (Å²) in [5.41, 5.74) is 0.382. The molecule has 6 heteroatoms. The van der Waals surface area contributed by atoms with Crippen molar-refractivity contribution in [2.75, 3.05) is 5.32 Å². The van der Waals surface area contributed by atoms with Crippen LogP contribution in [0.15, 0.2) is 41.2 Å². The van der Waals surface area contributed by atoms with Crippen LogP contribution in [0.1, 0.15) is 23.8 Å². The second-order valence-corrected chi connectivity index (χ2v) is 4.28. The van der Waals surface area contributed by atoms with Gasteiger partial charge in [-0.3, -0.25) is 9.59 Å². The molecule has 104 valence electrons. The third-order valence-corrected chi connectivity index (χ3v) is 2.64. The summed E-state index contributed by atoms with van der Waals surface area (Å²) in [4.78, 5) is 23.5. The molecule has 0 saturated heterocycles. The van der Waals surface area contributed by atoms with Gasteiger partial charge in [-0.1, -0.05) is 13.0 Å². The largest absolute Gasteiger partial charge is 0.508 e. The molecule has 1 amide bonds. The number of aryl methyl sites for hydroxylation is 1. The van der Waals surface area contributed by atoms with Crippen LogP contribution in [0, 0.1) is 0 Å². The van der Waals surface area contributed by atoms with Gasteiger partial charge < -0.3 is 10.4 Å². The Hall–Kier alpha value is -2.63. The Labute approximate surface area is 115 Å². The second kappa shape index (κ2) is 6.01. The molecule has 0 aliphatic carbocycles. The summed E-state index contributed by atoms with van der Waals surface area (Å²) in [6.07, 6.45) is 0.755. The highest BCUT2D eigenvalue weighted by molar-refractivity contribution is 6.02. The monoisotopic (exact) mass is 273 g/mol. The van der Waals surface area contributed by atoms with Gasteiger partial charge in [0.15, 0.2) is 0 Å². The lowest BCUT2D eigenvalue weighted by molar-refractivity contribution is 0.102. The molecule has 1 aromatic carbocycles. The van der Waals surface area contributed by atoms with Crippen LogP contribution in [0.2, 0.25) is 0 Å². The minimum Gasteiger partial charge on any atom is -0.508 e. The van der Waals surface area contributed by atoms with Gasteiger partial charge in [0.1, 0.15) is 11.4 Å². The number of aromatic nitrogens is 2. The normalized spacial score (nSPS) is 10.2. The average molecular weight is 273 g/mol. The van der Waals surface area contributed by atoms with Gasteiger partial charge in [-0.15, -0.1) is 0 Å². The molecule has 0 atom stereocenters. The third kappa shape index (κ3) is 3.23. The minimum absolute atomic E-state index is 0.0618. The van der Waals surface area contributed by atoms with Crippen LogP contribution in [0.3, 0.4) is 0 Å². The summed E-state index contributed by atoms with van der Waals surface area (Å²) < 4.78 is 1.26. The van der Waals surface area contributed by atoms with Crippen LogP contribution in [0.25, 0.3) is 0 Å². The Morgan fingerprint density at radius 2 is 2.15 bits per heavy atom. The minimum atomic E-state index is -0.430. The van der Waals surface area contributed by atoms with Crippen LogP contribution >= 0.6 is 0 Å². The maximum atomic E-state index is 12.0. The first-order chi connectivity index (χ1) is 9.60. The maximum absolute atomic E-state index is 12.0. The zero-order valence-electron chi connectivity index (χ0n) is 11.0. The quantitative estimate of drug-likeness (QED) is 0.886. The number of phenols is 1. The standard InChI is InChI=1S/C14H15N3O3/c1-2-8-17-13(19)7-6-12(16-17)14(20)15-10-4-3-5-11(18)9-10/h3-7,9,18H,2,8H2,1H3,(H,15,20). The Kier molecular flexibility index (Phi) is 4.14. The molecule has 2 aromatic rings. The molecule has 0 aliphatic rings. The molecule has 0 aliphatic heterocycles. The number of phenolic OH excluding ortho intramolecular Hbond substituents is 1. The lowest BCUT2D eigenvalue weighted by Gasteiger charge is -2.07. The van der Waals surface area contributed by atoms with Crippen molar-refractivity contribution in [1.29, 1.82) is 0 Å².